The number of nitrogens with zero attached hydrogens (tertiary/aromatic N) is 1. The quantitative estimate of drug-likeness (QED) is 0.649. The van der Waals surface area contributed by atoms with Crippen LogP contribution >= 0.6 is 0 Å². The van der Waals surface area contributed by atoms with Crippen LogP contribution in [0.2, 0.25) is 0 Å². The third kappa shape index (κ3) is 3.96. The molecule has 1 fully saturated rings. The van der Waals surface area contributed by atoms with Crippen LogP contribution in [0, 0.1) is 13.8 Å². The number of hydrogen-bond donors (Lipinski definition) is 1. The summed E-state index contributed by atoms with van der Waals surface area (Å²) in [5.41, 5.74) is 2.70. The number of para-hydroxylation sites is 1. The minimum atomic E-state index is -0.760. The van der Waals surface area contributed by atoms with Gasteiger partial charge in [-0.15, -0.1) is 0 Å². The average Bonchev–Trinajstić information content (AvgIpc) is 2.58. The highest BCUT2D eigenvalue weighted by Crippen LogP contribution is 2.27. The molecule has 3 rings (SSSR count). The molecule has 1 heterocycles. The van der Waals surface area contributed by atoms with Gasteiger partial charge in [-0.05, 0) is 63.1 Å². The van der Waals surface area contributed by atoms with Crippen LogP contribution in [0.15, 0.2) is 48.0 Å². The number of anilines is 1. The lowest BCUT2D eigenvalue weighted by atomic mass is 10.0. The van der Waals surface area contributed by atoms with E-state index in [2.05, 4.69) is 5.32 Å². The molecule has 0 atom stereocenters. The van der Waals surface area contributed by atoms with Crippen LogP contribution in [0.3, 0.4) is 0 Å². The third-order valence-electron chi connectivity index (χ3n) is 4.15. The molecule has 2 aromatic carbocycles. The summed E-state index contributed by atoms with van der Waals surface area (Å²) >= 11 is 0. The summed E-state index contributed by atoms with van der Waals surface area (Å²) in [5.74, 6) is -0.839. The fourth-order valence-electron chi connectivity index (χ4n) is 3.09. The fourth-order valence-corrected chi connectivity index (χ4v) is 3.09. The Morgan fingerprint density at radius 1 is 1.00 bits per heavy atom. The topological polar surface area (TPSA) is 75.7 Å². The number of ether oxygens (including phenoxy) is 1. The Labute approximate surface area is 163 Å². The van der Waals surface area contributed by atoms with E-state index < -0.39 is 17.8 Å². The first-order chi connectivity index (χ1) is 13.3. The van der Waals surface area contributed by atoms with Gasteiger partial charge in [0.25, 0.3) is 11.8 Å². The Kier molecular flexibility index (Phi) is 5.31. The van der Waals surface area contributed by atoms with Gasteiger partial charge >= 0.3 is 6.03 Å². The summed E-state index contributed by atoms with van der Waals surface area (Å²) in [6.07, 6.45) is 1.39. The molecule has 0 unspecified atom stereocenters. The Bertz CT molecular complexity index is 972. The molecule has 4 amide bonds. The second kappa shape index (κ2) is 7.68. The second-order valence-electron chi connectivity index (χ2n) is 7.01. The number of urea groups is 1. The lowest BCUT2D eigenvalue weighted by Crippen LogP contribution is -2.54. The molecule has 1 saturated heterocycles. The van der Waals surface area contributed by atoms with Gasteiger partial charge in [-0.3, -0.25) is 14.9 Å². The molecule has 6 nitrogen and oxygen atoms in total. The van der Waals surface area contributed by atoms with Crippen LogP contribution in [-0.2, 0) is 9.59 Å². The van der Waals surface area contributed by atoms with Crippen molar-refractivity contribution in [1.29, 1.82) is 0 Å². The third-order valence-corrected chi connectivity index (χ3v) is 4.15. The number of hydrogen-bond acceptors (Lipinski definition) is 4. The number of rotatable bonds is 4. The van der Waals surface area contributed by atoms with E-state index in [0.29, 0.717) is 17.0 Å². The molecule has 144 valence electrons. The predicted molar refractivity (Wildman–Crippen MR) is 107 cm³/mol. The molecule has 0 spiro atoms. The molecule has 2 aromatic rings. The summed E-state index contributed by atoms with van der Waals surface area (Å²) in [6.45, 7) is 7.54. The minimum Gasteiger partial charge on any atom is -0.490 e. The summed E-state index contributed by atoms with van der Waals surface area (Å²) in [4.78, 5) is 38.8. The average molecular weight is 378 g/mol. The molecule has 1 N–H and O–H groups in total. The van der Waals surface area contributed by atoms with E-state index in [1.807, 2.05) is 39.8 Å². The number of aryl methyl sites for hydroxylation is 2. The van der Waals surface area contributed by atoms with Crippen LogP contribution < -0.4 is 15.0 Å². The highest BCUT2D eigenvalue weighted by Gasteiger charge is 2.37. The molecule has 0 saturated carbocycles. The van der Waals surface area contributed by atoms with Gasteiger partial charge in [-0.1, -0.05) is 24.3 Å². The first kappa shape index (κ1) is 19.4. The molecule has 0 bridgehead atoms. The molecule has 0 aromatic heterocycles. The van der Waals surface area contributed by atoms with E-state index in [-0.39, 0.29) is 11.7 Å². The van der Waals surface area contributed by atoms with Crippen molar-refractivity contribution < 1.29 is 19.1 Å². The number of barbiturate groups is 1. The van der Waals surface area contributed by atoms with Crippen LogP contribution in [0.25, 0.3) is 6.08 Å². The summed E-state index contributed by atoms with van der Waals surface area (Å²) in [7, 11) is 0. The van der Waals surface area contributed by atoms with E-state index in [9.17, 15) is 14.4 Å². The summed E-state index contributed by atoms with van der Waals surface area (Å²) in [5, 5.41) is 2.25. The van der Waals surface area contributed by atoms with Crippen molar-refractivity contribution in [2.75, 3.05) is 4.90 Å². The number of amides is 4. The monoisotopic (exact) mass is 378 g/mol. The van der Waals surface area contributed by atoms with Gasteiger partial charge in [0.05, 0.1) is 11.8 Å². The van der Waals surface area contributed by atoms with Crippen LogP contribution in [0.5, 0.6) is 5.75 Å². The Morgan fingerprint density at radius 2 is 1.64 bits per heavy atom. The molecular weight excluding hydrogens is 356 g/mol. The minimum absolute atomic E-state index is 0.0659. The molecule has 0 radical (unpaired) electrons. The number of carbonyl (C=O) groups is 3. The Balaban J connectivity index is 2.05. The van der Waals surface area contributed by atoms with Gasteiger partial charge in [0.15, 0.2) is 0 Å². The van der Waals surface area contributed by atoms with Crippen LogP contribution in [0.4, 0.5) is 10.5 Å². The second-order valence-corrected chi connectivity index (χ2v) is 7.01. The molecule has 1 aliphatic rings. The summed E-state index contributed by atoms with van der Waals surface area (Å²) in [6, 6.07) is 11.8. The smallest absolute Gasteiger partial charge is 0.335 e. The van der Waals surface area contributed by atoms with Gasteiger partial charge in [0, 0.05) is 5.56 Å². The van der Waals surface area contributed by atoms with Crippen molar-refractivity contribution in [3.8, 4) is 5.75 Å². The van der Waals surface area contributed by atoms with Crippen molar-refractivity contribution in [2.45, 2.75) is 33.8 Å². The van der Waals surface area contributed by atoms with Gasteiger partial charge in [0.2, 0.25) is 0 Å². The number of imide groups is 2. The highest BCUT2D eigenvalue weighted by atomic mass is 16.5. The number of nitrogens with one attached hydrogen (secondary N) is 1. The molecule has 28 heavy (non-hydrogen) atoms. The maximum Gasteiger partial charge on any atom is 0.335 e. The lowest BCUT2D eigenvalue weighted by Gasteiger charge is -2.27. The zero-order valence-corrected chi connectivity index (χ0v) is 16.3. The van der Waals surface area contributed by atoms with Gasteiger partial charge < -0.3 is 4.74 Å². The molecule has 1 aliphatic heterocycles. The maximum atomic E-state index is 13.0. The van der Waals surface area contributed by atoms with Crippen molar-refractivity contribution in [1.82, 2.24) is 5.32 Å². The van der Waals surface area contributed by atoms with Crippen molar-refractivity contribution in [3.63, 3.8) is 0 Å². The molecule has 6 heteroatoms. The van der Waals surface area contributed by atoms with Crippen LogP contribution in [0.1, 0.15) is 30.5 Å². The predicted octanol–water partition coefficient (Wildman–Crippen LogP) is 3.76. The van der Waals surface area contributed by atoms with Gasteiger partial charge in [-0.2, -0.15) is 0 Å². The van der Waals surface area contributed by atoms with E-state index in [1.54, 1.807) is 30.3 Å². The summed E-state index contributed by atoms with van der Waals surface area (Å²) < 4.78 is 5.75. The van der Waals surface area contributed by atoms with Crippen LogP contribution in [-0.4, -0.2) is 23.9 Å². The first-order valence-electron chi connectivity index (χ1n) is 9.01. The number of carbonyl (C=O) groups excluding carboxylic acids is 3. The van der Waals surface area contributed by atoms with Crippen molar-refractivity contribution in [3.05, 3.63) is 64.7 Å². The first-order valence-corrected chi connectivity index (χ1v) is 9.01. The van der Waals surface area contributed by atoms with E-state index in [1.165, 1.54) is 6.08 Å². The van der Waals surface area contributed by atoms with Gasteiger partial charge in [0.1, 0.15) is 11.3 Å². The van der Waals surface area contributed by atoms with E-state index >= 15 is 0 Å². The normalized spacial score (nSPS) is 16.0. The van der Waals surface area contributed by atoms with E-state index in [0.717, 1.165) is 16.0 Å². The molecular formula is C22H22N2O4. The van der Waals surface area contributed by atoms with Crippen molar-refractivity contribution in [2.24, 2.45) is 0 Å². The zero-order chi connectivity index (χ0) is 20.4. The largest absolute Gasteiger partial charge is 0.490 e. The lowest BCUT2D eigenvalue weighted by molar-refractivity contribution is -0.122. The van der Waals surface area contributed by atoms with E-state index in [4.69, 9.17) is 4.74 Å². The number of benzene rings is 2. The Morgan fingerprint density at radius 3 is 2.29 bits per heavy atom. The Hall–Kier alpha value is -3.41. The maximum absolute atomic E-state index is 13.0. The zero-order valence-electron chi connectivity index (χ0n) is 16.3. The molecule has 0 aliphatic carbocycles. The van der Waals surface area contributed by atoms with Crippen molar-refractivity contribution >= 4 is 29.6 Å². The highest BCUT2D eigenvalue weighted by molar-refractivity contribution is 6.39. The van der Waals surface area contributed by atoms with Gasteiger partial charge in [-0.25, -0.2) is 9.69 Å². The SMILES string of the molecule is Cc1cc(C)cc(N2C(=O)NC(=O)/C(=C\c3ccccc3OC(C)C)C2=O)c1. The standard InChI is InChI=1S/C22H22N2O4/c1-13(2)28-19-8-6-5-7-16(19)12-18-20(25)23-22(27)24(21(18)26)17-10-14(3)9-15(4)11-17/h5-13H,1-4H3,(H,23,25,27)/b18-12+. The fraction of sp³-hybridized carbons (Fsp3) is 0.227.